The van der Waals surface area contributed by atoms with Gasteiger partial charge in [-0.2, -0.15) is 11.3 Å². The number of fused-ring (bicyclic) bond motifs is 3. The Bertz CT molecular complexity index is 405. The number of aliphatic hydroxyl groups is 1. The van der Waals surface area contributed by atoms with Crippen molar-refractivity contribution in [2.45, 2.75) is 38.0 Å². The van der Waals surface area contributed by atoms with Gasteiger partial charge in [0.1, 0.15) is 6.23 Å². The second-order valence-corrected chi connectivity index (χ2v) is 6.20. The van der Waals surface area contributed by atoms with Crippen LogP contribution in [0.2, 0.25) is 0 Å². The summed E-state index contributed by atoms with van der Waals surface area (Å²) < 4.78 is 1.32. The average molecular weight is 221 g/mol. The number of rotatable bonds is 0. The maximum absolute atomic E-state index is 10.3. The van der Waals surface area contributed by atoms with Gasteiger partial charge in [-0.05, 0) is 31.0 Å². The summed E-state index contributed by atoms with van der Waals surface area (Å²) in [4.78, 5) is 3.68. The van der Waals surface area contributed by atoms with E-state index in [1.54, 1.807) is 0 Å². The van der Waals surface area contributed by atoms with Gasteiger partial charge >= 0.3 is 0 Å². The molecule has 80 valence electrons. The zero-order valence-electron chi connectivity index (χ0n) is 9.29. The molecule has 1 N–H and O–H groups in total. The van der Waals surface area contributed by atoms with Crippen LogP contribution in [0.3, 0.4) is 0 Å². The molecular weight excluding hydrogens is 205 g/mol. The molecule has 0 spiro atoms. The van der Waals surface area contributed by atoms with E-state index in [-0.39, 0.29) is 11.8 Å². The molecule has 3 rings (SSSR count). The number of hydrogen-bond donors (Lipinski definition) is 1. The molecule has 0 amide bonds. The monoisotopic (exact) mass is 221 g/mol. The van der Waals surface area contributed by atoms with E-state index in [2.05, 4.69) is 25.7 Å². The highest BCUT2D eigenvalue weighted by atomic mass is 32.1. The van der Waals surface area contributed by atoms with Gasteiger partial charge in [0, 0.05) is 17.0 Å². The van der Waals surface area contributed by atoms with E-state index >= 15 is 0 Å². The molecule has 4 heteroatoms. The Labute approximate surface area is 95.3 Å². The van der Waals surface area contributed by atoms with Crippen molar-refractivity contribution < 1.29 is 5.11 Å². The van der Waals surface area contributed by atoms with Crippen LogP contribution in [0.1, 0.15) is 42.9 Å². The lowest BCUT2D eigenvalue weighted by molar-refractivity contribution is -0.0638. The molecule has 2 nitrogen and oxygen atoms in total. The molecule has 3 heterocycles. The van der Waals surface area contributed by atoms with Crippen LogP contribution in [0.15, 0.2) is 6.07 Å². The molecule has 0 saturated carbocycles. The van der Waals surface area contributed by atoms with Crippen molar-refractivity contribution in [3.05, 3.63) is 16.5 Å². The van der Waals surface area contributed by atoms with Crippen LogP contribution in [-0.2, 0) is 5.54 Å². The van der Waals surface area contributed by atoms with Crippen LogP contribution in [0, 0.1) is 0 Å². The molecule has 0 radical (unpaired) electrons. The standard InChI is InChI=1S/C11H16BNOS/c1-11-4-2-3-5-13(11)10(14)7-6-8(12)15-9(7)11/h6,10,14H,2-5,12H2,1H3. The van der Waals surface area contributed by atoms with E-state index in [1.807, 2.05) is 11.3 Å². The molecule has 2 atom stereocenters. The lowest BCUT2D eigenvalue weighted by Gasteiger charge is -2.41. The Kier molecular flexibility index (Phi) is 2.04. The van der Waals surface area contributed by atoms with Gasteiger partial charge in [0.2, 0.25) is 0 Å². The Hall–Kier alpha value is -0.315. The summed E-state index contributed by atoms with van der Waals surface area (Å²) in [7, 11) is 2.13. The maximum atomic E-state index is 10.3. The van der Waals surface area contributed by atoms with Crippen molar-refractivity contribution in [3.8, 4) is 0 Å². The summed E-state index contributed by atoms with van der Waals surface area (Å²) in [5.41, 5.74) is 1.29. The predicted octanol–water partition coefficient (Wildman–Crippen LogP) is 0.712. The number of nitrogens with zero attached hydrogens (tertiary/aromatic N) is 1. The molecule has 1 fully saturated rings. The number of hydrogen-bond acceptors (Lipinski definition) is 3. The molecule has 15 heavy (non-hydrogen) atoms. The SMILES string of the molecule is Bc1cc2c(s1)C1(C)CCCCN1C2O. The van der Waals surface area contributed by atoms with E-state index in [4.69, 9.17) is 0 Å². The second-order valence-electron chi connectivity index (χ2n) is 4.94. The highest BCUT2D eigenvalue weighted by molar-refractivity contribution is 7.20. The zero-order valence-corrected chi connectivity index (χ0v) is 10.1. The van der Waals surface area contributed by atoms with Gasteiger partial charge in [0.05, 0.1) is 5.54 Å². The molecule has 0 aliphatic carbocycles. The highest BCUT2D eigenvalue weighted by Gasteiger charge is 2.48. The first-order valence-corrected chi connectivity index (χ1v) is 6.50. The van der Waals surface area contributed by atoms with Gasteiger partial charge in [-0.15, -0.1) is 0 Å². The van der Waals surface area contributed by atoms with Crippen molar-refractivity contribution in [2.75, 3.05) is 6.54 Å². The normalized spacial score (nSPS) is 35.2. The molecule has 2 aliphatic heterocycles. The Morgan fingerprint density at radius 2 is 2.40 bits per heavy atom. The zero-order chi connectivity index (χ0) is 10.6. The Balaban J connectivity index is 2.13. The first-order valence-electron chi connectivity index (χ1n) is 5.68. The van der Waals surface area contributed by atoms with E-state index in [9.17, 15) is 5.11 Å². The van der Waals surface area contributed by atoms with Gasteiger partial charge in [-0.1, -0.05) is 6.07 Å². The van der Waals surface area contributed by atoms with E-state index < -0.39 is 0 Å². The van der Waals surface area contributed by atoms with E-state index in [0.29, 0.717) is 0 Å². The number of piperidine rings is 1. The van der Waals surface area contributed by atoms with Crippen molar-refractivity contribution >= 4 is 24.0 Å². The first kappa shape index (κ1) is 9.88. The third-order valence-electron chi connectivity index (χ3n) is 3.89. The molecule has 0 aromatic carbocycles. The third-order valence-corrected chi connectivity index (χ3v) is 5.21. The quantitative estimate of drug-likeness (QED) is 0.652. The van der Waals surface area contributed by atoms with Crippen molar-refractivity contribution in [2.24, 2.45) is 0 Å². The minimum atomic E-state index is -0.352. The third kappa shape index (κ3) is 1.19. The Morgan fingerprint density at radius 1 is 1.60 bits per heavy atom. The summed E-state index contributed by atoms with van der Waals surface area (Å²) in [6.07, 6.45) is 3.35. The summed E-state index contributed by atoms with van der Waals surface area (Å²) in [6, 6.07) is 2.16. The van der Waals surface area contributed by atoms with Gasteiger partial charge in [-0.3, -0.25) is 4.90 Å². The van der Waals surface area contributed by atoms with Crippen LogP contribution in [0.4, 0.5) is 0 Å². The van der Waals surface area contributed by atoms with Crippen molar-refractivity contribution in [1.82, 2.24) is 4.90 Å². The molecule has 1 aromatic heterocycles. The topological polar surface area (TPSA) is 23.5 Å². The second kappa shape index (κ2) is 3.09. The van der Waals surface area contributed by atoms with Crippen LogP contribution in [0.5, 0.6) is 0 Å². The maximum Gasteiger partial charge on any atom is 0.152 e. The van der Waals surface area contributed by atoms with Crippen LogP contribution in [-0.4, -0.2) is 24.4 Å². The molecular formula is C11H16BNOS. The largest absolute Gasteiger partial charge is 0.374 e. The summed E-state index contributed by atoms with van der Waals surface area (Å²) in [6.45, 7) is 3.33. The fourth-order valence-electron chi connectivity index (χ4n) is 3.09. The smallest absolute Gasteiger partial charge is 0.152 e. The Morgan fingerprint density at radius 3 is 3.20 bits per heavy atom. The summed E-state index contributed by atoms with van der Waals surface area (Å²) in [5, 5.41) is 10.3. The van der Waals surface area contributed by atoms with Gasteiger partial charge in [-0.25, -0.2) is 0 Å². The molecule has 1 saturated heterocycles. The van der Waals surface area contributed by atoms with Crippen molar-refractivity contribution in [1.29, 1.82) is 0 Å². The minimum Gasteiger partial charge on any atom is -0.374 e. The molecule has 2 unspecified atom stereocenters. The lowest BCUT2D eigenvalue weighted by atomic mass is 9.89. The van der Waals surface area contributed by atoms with E-state index in [0.717, 1.165) is 6.54 Å². The first-order chi connectivity index (χ1) is 7.13. The predicted molar refractivity (Wildman–Crippen MR) is 65.4 cm³/mol. The van der Waals surface area contributed by atoms with Crippen molar-refractivity contribution in [3.63, 3.8) is 0 Å². The highest BCUT2D eigenvalue weighted by Crippen LogP contribution is 2.51. The number of thiophene rings is 1. The number of aliphatic hydroxyl groups excluding tert-OH is 1. The van der Waals surface area contributed by atoms with Crippen LogP contribution >= 0.6 is 11.3 Å². The van der Waals surface area contributed by atoms with Gasteiger partial charge in [0.15, 0.2) is 7.85 Å². The lowest BCUT2D eigenvalue weighted by Crippen LogP contribution is -2.43. The van der Waals surface area contributed by atoms with Crippen LogP contribution < -0.4 is 4.78 Å². The fraction of sp³-hybridized carbons (Fsp3) is 0.636. The molecule has 0 bridgehead atoms. The van der Waals surface area contributed by atoms with Gasteiger partial charge in [0.25, 0.3) is 0 Å². The summed E-state index contributed by atoms with van der Waals surface area (Å²) in [5.74, 6) is 0. The molecule has 2 aliphatic rings. The van der Waals surface area contributed by atoms with Gasteiger partial charge < -0.3 is 5.11 Å². The molecule has 1 aromatic rings. The average Bonchev–Trinajstić information content (AvgIpc) is 2.67. The minimum absolute atomic E-state index is 0.117. The van der Waals surface area contributed by atoms with Crippen LogP contribution in [0.25, 0.3) is 0 Å². The van der Waals surface area contributed by atoms with E-state index in [1.165, 1.54) is 34.5 Å². The summed E-state index contributed by atoms with van der Waals surface area (Å²) >= 11 is 1.86. The fourth-order valence-corrected chi connectivity index (χ4v) is 4.32.